The highest BCUT2D eigenvalue weighted by Gasteiger charge is 2.20. The molecular weight excluding hydrogens is 314 g/mol. The molecule has 0 fully saturated rings. The van der Waals surface area contributed by atoms with Crippen LogP contribution >= 0.6 is 27.3 Å². The van der Waals surface area contributed by atoms with Crippen molar-refractivity contribution >= 4 is 27.3 Å². The summed E-state index contributed by atoms with van der Waals surface area (Å²) in [6.07, 6.45) is 1.91. The number of rotatable bonds is 9. The van der Waals surface area contributed by atoms with Crippen LogP contribution in [0.3, 0.4) is 0 Å². The van der Waals surface area contributed by atoms with E-state index in [1.165, 1.54) is 4.88 Å². The Morgan fingerprint density at radius 2 is 2.11 bits per heavy atom. The quantitative estimate of drug-likeness (QED) is 0.699. The zero-order valence-electron chi connectivity index (χ0n) is 11.0. The highest BCUT2D eigenvalue weighted by molar-refractivity contribution is 9.10. The van der Waals surface area contributed by atoms with Gasteiger partial charge in [-0.3, -0.25) is 0 Å². The van der Waals surface area contributed by atoms with E-state index in [1.54, 1.807) is 11.3 Å². The lowest BCUT2D eigenvalue weighted by Crippen LogP contribution is -2.29. The highest BCUT2D eigenvalue weighted by Crippen LogP contribution is 2.30. The van der Waals surface area contributed by atoms with Gasteiger partial charge in [-0.2, -0.15) is 0 Å². The number of halogens is 1. The van der Waals surface area contributed by atoms with Crippen molar-refractivity contribution in [1.82, 2.24) is 0 Å². The molecule has 0 bridgehead atoms. The Balaban J connectivity index is 2.46. The third kappa shape index (κ3) is 5.36. The number of hydrogen-bond donors (Lipinski definition) is 1. The molecule has 1 rings (SSSR count). The van der Waals surface area contributed by atoms with Crippen LogP contribution < -0.4 is 5.73 Å². The van der Waals surface area contributed by atoms with E-state index in [2.05, 4.69) is 41.2 Å². The Kier molecular flexibility index (Phi) is 8.10. The van der Waals surface area contributed by atoms with Gasteiger partial charge in [-0.25, -0.2) is 0 Å². The SMILES string of the molecule is CCCOCCOC(c1cc(Br)cs1)C(N)CC. The zero-order chi connectivity index (χ0) is 13.4. The monoisotopic (exact) mass is 335 g/mol. The first-order chi connectivity index (χ1) is 8.69. The summed E-state index contributed by atoms with van der Waals surface area (Å²) in [4.78, 5) is 1.17. The second-order valence-corrected chi connectivity index (χ2v) is 6.00. The van der Waals surface area contributed by atoms with Crippen molar-refractivity contribution in [2.75, 3.05) is 19.8 Å². The Morgan fingerprint density at radius 1 is 1.33 bits per heavy atom. The fourth-order valence-corrected chi connectivity index (χ4v) is 3.16. The molecule has 0 spiro atoms. The maximum atomic E-state index is 6.12. The molecule has 1 aromatic rings. The van der Waals surface area contributed by atoms with E-state index in [-0.39, 0.29) is 12.1 Å². The van der Waals surface area contributed by atoms with E-state index in [9.17, 15) is 0 Å². The van der Waals surface area contributed by atoms with Crippen molar-refractivity contribution in [2.45, 2.75) is 38.8 Å². The van der Waals surface area contributed by atoms with Crippen LogP contribution in [0.1, 0.15) is 37.7 Å². The second kappa shape index (κ2) is 9.04. The van der Waals surface area contributed by atoms with Crippen molar-refractivity contribution in [3.8, 4) is 0 Å². The summed E-state index contributed by atoms with van der Waals surface area (Å²) >= 11 is 5.14. The Hall–Kier alpha value is 0.0600. The van der Waals surface area contributed by atoms with E-state index in [0.717, 1.165) is 23.9 Å². The molecule has 2 unspecified atom stereocenters. The predicted octanol–water partition coefficient (Wildman–Crippen LogP) is 3.73. The molecule has 18 heavy (non-hydrogen) atoms. The summed E-state index contributed by atoms with van der Waals surface area (Å²) < 4.78 is 12.4. The molecule has 5 heteroatoms. The predicted molar refractivity (Wildman–Crippen MR) is 80.1 cm³/mol. The van der Waals surface area contributed by atoms with Crippen LogP contribution in [0.5, 0.6) is 0 Å². The third-order valence-corrected chi connectivity index (χ3v) is 4.36. The van der Waals surface area contributed by atoms with E-state index >= 15 is 0 Å². The van der Waals surface area contributed by atoms with Crippen LogP contribution in [0.4, 0.5) is 0 Å². The molecule has 3 nitrogen and oxygen atoms in total. The average molecular weight is 336 g/mol. The largest absolute Gasteiger partial charge is 0.379 e. The fourth-order valence-electron chi connectivity index (χ4n) is 1.59. The number of ether oxygens (including phenoxy) is 2. The molecule has 2 N–H and O–H groups in total. The standard InChI is InChI=1S/C13H22BrNO2S/c1-3-5-16-6-7-17-13(11(15)4-2)12-8-10(14)9-18-12/h8-9,11,13H,3-7,15H2,1-2H3. The summed E-state index contributed by atoms with van der Waals surface area (Å²) in [5.74, 6) is 0. The first kappa shape index (κ1) is 16.1. The molecule has 1 aromatic heterocycles. The minimum atomic E-state index is -0.0310. The van der Waals surface area contributed by atoms with Gasteiger partial charge in [-0.05, 0) is 34.8 Å². The van der Waals surface area contributed by atoms with Crippen LogP contribution in [0.15, 0.2) is 15.9 Å². The molecule has 104 valence electrons. The Bertz CT molecular complexity index is 333. The van der Waals surface area contributed by atoms with Gasteiger partial charge in [0.05, 0.1) is 13.2 Å². The average Bonchev–Trinajstić information content (AvgIpc) is 2.79. The van der Waals surface area contributed by atoms with Crippen LogP contribution in [-0.2, 0) is 9.47 Å². The van der Waals surface area contributed by atoms with Gasteiger partial charge in [0.15, 0.2) is 0 Å². The minimum absolute atomic E-state index is 0.0294. The zero-order valence-corrected chi connectivity index (χ0v) is 13.4. The molecule has 0 aliphatic carbocycles. The van der Waals surface area contributed by atoms with Crippen LogP contribution in [0.25, 0.3) is 0 Å². The van der Waals surface area contributed by atoms with E-state index in [0.29, 0.717) is 13.2 Å². The molecule has 0 aromatic carbocycles. The lowest BCUT2D eigenvalue weighted by molar-refractivity contribution is -0.00610. The second-order valence-electron chi connectivity index (χ2n) is 4.14. The maximum absolute atomic E-state index is 6.12. The van der Waals surface area contributed by atoms with E-state index in [4.69, 9.17) is 15.2 Å². The molecule has 0 aliphatic heterocycles. The smallest absolute Gasteiger partial charge is 0.107 e. The number of hydrogen-bond acceptors (Lipinski definition) is 4. The lowest BCUT2D eigenvalue weighted by Gasteiger charge is -2.22. The lowest BCUT2D eigenvalue weighted by atomic mass is 10.1. The molecule has 0 radical (unpaired) electrons. The van der Waals surface area contributed by atoms with Gasteiger partial charge in [0.25, 0.3) is 0 Å². The fraction of sp³-hybridized carbons (Fsp3) is 0.692. The molecule has 0 amide bonds. The van der Waals surface area contributed by atoms with Gasteiger partial charge in [-0.15, -0.1) is 11.3 Å². The molecule has 0 saturated carbocycles. The van der Waals surface area contributed by atoms with Crippen molar-refractivity contribution in [1.29, 1.82) is 0 Å². The highest BCUT2D eigenvalue weighted by atomic mass is 79.9. The summed E-state index contributed by atoms with van der Waals surface area (Å²) in [5, 5.41) is 2.06. The summed E-state index contributed by atoms with van der Waals surface area (Å²) in [6, 6.07) is 2.11. The van der Waals surface area contributed by atoms with Crippen LogP contribution in [-0.4, -0.2) is 25.9 Å². The number of nitrogens with two attached hydrogens (primary N) is 1. The van der Waals surface area contributed by atoms with Gasteiger partial charge < -0.3 is 15.2 Å². The first-order valence-electron chi connectivity index (χ1n) is 6.37. The van der Waals surface area contributed by atoms with Gasteiger partial charge in [0.2, 0.25) is 0 Å². The summed E-state index contributed by atoms with van der Waals surface area (Å²) in [5.41, 5.74) is 6.12. The van der Waals surface area contributed by atoms with Gasteiger partial charge in [0, 0.05) is 27.4 Å². The Morgan fingerprint density at radius 3 is 2.67 bits per heavy atom. The van der Waals surface area contributed by atoms with Gasteiger partial charge in [-0.1, -0.05) is 13.8 Å². The van der Waals surface area contributed by atoms with Gasteiger partial charge in [0.1, 0.15) is 6.10 Å². The van der Waals surface area contributed by atoms with Crippen molar-refractivity contribution in [3.05, 3.63) is 20.8 Å². The first-order valence-corrected chi connectivity index (χ1v) is 8.05. The van der Waals surface area contributed by atoms with Crippen LogP contribution in [0, 0.1) is 0 Å². The summed E-state index contributed by atoms with van der Waals surface area (Å²) in [6.45, 7) is 6.19. The number of thiophene rings is 1. The summed E-state index contributed by atoms with van der Waals surface area (Å²) in [7, 11) is 0. The normalized spacial score (nSPS) is 14.7. The molecule has 2 atom stereocenters. The molecule has 0 aliphatic rings. The Labute approximate surface area is 122 Å². The van der Waals surface area contributed by atoms with Crippen LogP contribution in [0.2, 0.25) is 0 Å². The van der Waals surface area contributed by atoms with E-state index < -0.39 is 0 Å². The molecule has 1 heterocycles. The molecule has 0 saturated heterocycles. The van der Waals surface area contributed by atoms with Crippen molar-refractivity contribution in [2.24, 2.45) is 5.73 Å². The van der Waals surface area contributed by atoms with Crippen molar-refractivity contribution in [3.63, 3.8) is 0 Å². The third-order valence-electron chi connectivity index (χ3n) is 2.60. The molecular formula is C13H22BrNO2S. The van der Waals surface area contributed by atoms with Crippen molar-refractivity contribution < 1.29 is 9.47 Å². The van der Waals surface area contributed by atoms with E-state index in [1.807, 2.05) is 0 Å². The topological polar surface area (TPSA) is 44.5 Å². The minimum Gasteiger partial charge on any atom is -0.379 e. The maximum Gasteiger partial charge on any atom is 0.107 e. The van der Waals surface area contributed by atoms with Gasteiger partial charge >= 0.3 is 0 Å².